The highest BCUT2D eigenvalue weighted by Crippen LogP contribution is 2.10. The lowest BCUT2D eigenvalue weighted by atomic mass is 10.2. The predicted molar refractivity (Wildman–Crippen MR) is 97.6 cm³/mol. The Kier molecular flexibility index (Phi) is 9.34. The van der Waals surface area contributed by atoms with E-state index in [9.17, 15) is 9.59 Å². The van der Waals surface area contributed by atoms with Crippen LogP contribution in [-0.2, 0) is 25.7 Å². The third kappa shape index (κ3) is 8.54. The number of amides is 1. The van der Waals surface area contributed by atoms with E-state index >= 15 is 0 Å². The number of aliphatic carboxylic acids is 2. The Morgan fingerprint density at radius 2 is 1.68 bits per heavy atom. The van der Waals surface area contributed by atoms with E-state index in [1.165, 1.54) is 7.11 Å². The van der Waals surface area contributed by atoms with Gasteiger partial charge in [0, 0.05) is 24.6 Å². The molecule has 4 N–H and O–H groups in total. The summed E-state index contributed by atoms with van der Waals surface area (Å²) >= 11 is 0. The highest BCUT2D eigenvalue weighted by molar-refractivity contribution is 6.27. The van der Waals surface area contributed by atoms with E-state index < -0.39 is 17.9 Å². The van der Waals surface area contributed by atoms with Gasteiger partial charge in [0.1, 0.15) is 0 Å². The van der Waals surface area contributed by atoms with Crippen molar-refractivity contribution in [3.05, 3.63) is 59.9 Å². The van der Waals surface area contributed by atoms with Gasteiger partial charge in [-0.3, -0.25) is 9.78 Å². The first-order valence-electron chi connectivity index (χ1n) is 7.87. The molecule has 2 rings (SSSR count). The van der Waals surface area contributed by atoms with Crippen molar-refractivity contribution in [3.8, 4) is 0 Å². The van der Waals surface area contributed by atoms with Gasteiger partial charge in [-0.25, -0.2) is 14.4 Å². The largest absolute Gasteiger partial charge is 0.473 e. The Bertz CT molecular complexity index is 796. The Balaban J connectivity index is 0.000000568. The normalized spacial score (nSPS) is 9.46. The van der Waals surface area contributed by atoms with E-state index in [4.69, 9.17) is 19.8 Å². The van der Waals surface area contributed by atoms with Gasteiger partial charge in [-0.2, -0.15) is 0 Å². The maximum atomic E-state index is 11.8. The van der Waals surface area contributed by atoms with Gasteiger partial charge >= 0.3 is 17.9 Å². The van der Waals surface area contributed by atoms with Crippen molar-refractivity contribution in [2.24, 2.45) is 0 Å². The Labute approximate surface area is 160 Å². The molecule has 1 aromatic heterocycles. The molecule has 1 amide bonds. The lowest BCUT2D eigenvalue weighted by molar-refractivity contribution is -0.159. The molecule has 0 saturated carbocycles. The third-order valence-corrected chi connectivity index (χ3v) is 3.11. The zero-order valence-corrected chi connectivity index (χ0v) is 14.9. The second kappa shape index (κ2) is 11.8. The number of rotatable bonds is 6. The summed E-state index contributed by atoms with van der Waals surface area (Å²) in [6, 6.07) is 10.3. The summed E-state index contributed by atoms with van der Waals surface area (Å²) < 4.78 is 4.61. The fourth-order valence-electron chi connectivity index (χ4n) is 1.84. The van der Waals surface area contributed by atoms with E-state index in [0.717, 1.165) is 5.56 Å². The fourth-order valence-corrected chi connectivity index (χ4v) is 1.84. The molecule has 0 spiro atoms. The molecular weight excluding hydrogens is 370 g/mol. The summed E-state index contributed by atoms with van der Waals surface area (Å²) in [5, 5.41) is 20.6. The first-order chi connectivity index (χ1) is 13.3. The Hall–Kier alpha value is -3.79. The molecule has 0 aliphatic carbocycles. The lowest BCUT2D eigenvalue weighted by Gasteiger charge is -2.07. The van der Waals surface area contributed by atoms with Crippen molar-refractivity contribution >= 4 is 29.5 Å². The molecule has 0 saturated heterocycles. The molecule has 10 nitrogen and oxygen atoms in total. The van der Waals surface area contributed by atoms with Crippen LogP contribution < -0.4 is 10.6 Å². The van der Waals surface area contributed by atoms with Crippen LogP contribution in [0.3, 0.4) is 0 Å². The van der Waals surface area contributed by atoms with Crippen molar-refractivity contribution in [3.63, 3.8) is 0 Å². The number of nitrogens with one attached hydrogen (secondary N) is 2. The number of aromatic nitrogens is 1. The minimum Gasteiger partial charge on any atom is -0.473 e. The summed E-state index contributed by atoms with van der Waals surface area (Å²) in [5.41, 5.74) is 2.08. The maximum absolute atomic E-state index is 11.8. The van der Waals surface area contributed by atoms with E-state index in [1.54, 1.807) is 36.7 Å². The van der Waals surface area contributed by atoms with Crippen molar-refractivity contribution in [1.82, 2.24) is 10.3 Å². The van der Waals surface area contributed by atoms with E-state index in [-0.39, 0.29) is 12.5 Å². The zero-order valence-electron chi connectivity index (χ0n) is 14.9. The molecule has 1 heterocycles. The van der Waals surface area contributed by atoms with Crippen LogP contribution in [0.15, 0.2) is 48.8 Å². The molecule has 0 radical (unpaired) electrons. The predicted octanol–water partition coefficient (Wildman–Crippen LogP) is 0.752. The van der Waals surface area contributed by atoms with Crippen LogP contribution in [-0.4, -0.2) is 52.7 Å². The maximum Gasteiger partial charge on any atom is 0.414 e. The van der Waals surface area contributed by atoms with Crippen LogP contribution >= 0.6 is 0 Å². The van der Waals surface area contributed by atoms with Gasteiger partial charge in [0.25, 0.3) is 0 Å². The van der Waals surface area contributed by atoms with Gasteiger partial charge in [-0.15, -0.1) is 0 Å². The molecule has 0 atom stereocenters. The number of carboxylic acid groups (broad SMARTS) is 2. The molecule has 2 aromatic rings. The molecule has 28 heavy (non-hydrogen) atoms. The van der Waals surface area contributed by atoms with Gasteiger partial charge in [0.15, 0.2) is 0 Å². The van der Waals surface area contributed by atoms with Crippen LogP contribution in [0.4, 0.5) is 5.69 Å². The van der Waals surface area contributed by atoms with E-state index in [1.807, 2.05) is 12.1 Å². The summed E-state index contributed by atoms with van der Waals surface area (Å²) in [6.07, 6.45) is 3.45. The number of hydrogen-bond donors (Lipinski definition) is 4. The topological polar surface area (TPSA) is 155 Å². The number of benzene rings is 1. The van der Waals surface area contributed by atoms with Crippen molar-refractivity contribution < 1.29 is 34.1 Å². The lowest BCUT2D eigenvalue weighted by Crippen LogP contribution is -2.27. The monoisotopic (exact) mass is 389 g/mol. The van der Waals surface area contributed by atoms with Crippen molar-refractivity contribution in [2.45, 2.75) is 6.54 Å². The number of ether oxygens (including phenoxy) is 1. The van der Waals surface area contributed by atoms with Crippen molar-refractivity contribution in [2.75, 3.05) is 19.0 Å². The fraction of sp³-hybridized carbons (Fsp3) is 0.167. The molecule has 0 aliphatic rings. The second-order valence-corrected chi connectivity index (χ2v) is 5.19. The molecular formula is C18H19N3O7. The first-order valence-corrected chi connectivity index (χ1v) is 7.87. The number of carbonyl (C=O) groups excluding carboxylic acids is 2. The van der Waals surface area contributed by atoms with Crippen LogP contribution in [0.5, 0.6) is 0 Å². The van der Waals surface area contributed by atoms with Gasteiger partial charge < -0.3 is 25.6 Å². The molecule has 1 aromatic carbocycles. The first kappa shape index (κ1) is 22.3. The van der Waals surface area contributed by atoms with Crippen molar-refractivity contribution in [1.29, 1.82) is 0 Å². The van der Waals surface area contributed by atoms with Crippen LogP contribution in [0.2, 0.25) is 0 Å². The Morgan fingerprint density at radius 1 is 1.04 bits per heavy atom. The van der Waals surface area contributed by atoms with E-state index in [2.05, 4.69) is 20.4 Å². The Morgan fingerprint density at radius 3 is 2.18 bits per heavy atom. The number of esters is 1. The number of carbonyl (C=O) groups is 4. The molecule has 0 fully saturated rings. The highest BCUT2D eigenvalue weighted by atomic mass is 16.5. The van der Waals surface area contributed by atoms with Gasteiger partial charge in [0.2, 0.25) is 5.91 Å². The standard InChI is InChI=1S/C16H17N3O3.C2H2O4/c1-22-16(21)13-4-6-14(7-5-13)19-15(20)11-18-10-12-3-2-8-17-9-12;3-1(4)2(5)6/h2-9,18H,10-11H2,1H3,(H,19,20);(H,3,4)(H,5,6). The molecule has 0 bridgehead atoms. The summed E-state index contributed by atoms with van der Waals surface area (Å²) in [4.78, 5) is 45.3. The summed E-state index contributed by atoms with van der Waals surface area (Å²) in [5.74, 6) is -4.21. The van der Waals surface area contributed by atoms with Crippen LogP contribution in [0.1, 0.15) is 15.9 Å². The molecule has 0 aliphatic heterocycles. The van der Waals surface area contributed by atoms with Gasteiger partial charge in [-0.1, -0.05) is 6.07 Å². The summed E-state index contributed by atoms with van der Waals surface area (Å²) in [7, 11) is 1.33. The highest BCUT2D eigenvalue weighted by Gasteiger charge is 2.06. The minimum atomic E-state index is -1.82. The SMILES string of the molecule is COC(=O)c1ccc(NC(=O)CNCc2cccnc2)cc1.O=C(O)C(=O)O. The molecule has 0 unspecified atom stereocenters. The van der Waals surface area contributed by atoms with E-state index in [0.29, 0.717) is 17.8 Å². The summed E-state index contributed by atoms with van der Waals surface area (Å²) in [6.45, 7) is 0.760. The van der Waals surface area contributed by atoms with Crippen LogP contribution in [0, 0.1) is 0 Å². The number of anilines is 1. The zero-order chi connectivity index (χ0) is 20.9. The van der Waals surface area contributed by atoms with Gasteiger partial charge in [0.05, 0.1) is 19.2 Å². The van der Waals surface area contributed by atoms with Crippen LogP contribution in [0.25, 0.3) is 0 Å². The average Bonchev–Trinajstić information content (AvgIpc) is 2.69. The number of hydrogen-bond acceptors (Lipinski definition) is 7. The average molecular weight is 389 g/mol. The number of pyridine rings is 1. The molecule has 148 valence electrons. The molecule has 10 heteroatoms. The quantitative estimate of drug-likeness (QED) is 0.414. The number of carboxylic acids is 2. The number of nitrogens with zero attached hydrogens (tertiary/aromatic N) is 1. The smallest absolute Gasteiger partial charge is 0.414 e. The number of methoxy groups -OCH3 is 1. The second-order valence-electron chi connectivity index (χ2n) is 5.19. The third-order valence-electron chi connectivity index (χ3n) is 3.11. The minimum absolute atomic E-state index is 0.158. The van der Waals surface area contributed by atoms with Gasteiger partial charge in [-0.05, 0) is 35.9 Å².